The number of rotatable bonds is 14. The molecule has 0 saturated heterocycles. The van der Waals surface area contributed by atoms with Gasteiger partial charge in [0.25, 0.3) is 5.91 Å². The molecule has 0 fully saturated rings. The first-order valence-corrected chi connectivity index (χ1v) is 14.3. The molecular formula is C31H41ClN4O4. The van der Waals surface area contributed by atoms with Gasteiger partial charge in [-0.3, -0.25) is 9.59 Å². The molecule has 3 aromatic rings. The van der Waals surface area contributed by atoms with Crippen molar-refractivity contribution in [1.82, 2.24) is 20.2 Å². The van der Waals surface area contributed by atoms with Crippen LogP contribution in [0.2, 0.25) is 5.02 Å². The van der Waals surface area contributed by atoms with Crippen LogP contribution in [0.1, 0.15) is 62.8 Å². The fourth-order valence-electron chi connectivity index (χ4n) is 4.36. The number of hydrogen-bond donors (Lipinski definition) is 3. The average Bonchev–Trinajstić information content (AvgIpc) is 3.31. The van der Waals surface area contributed by atoms with E-state index in [0.717, 1.165) is 35.6 Å². The molecule has 0 bridgehead atoms. The Kier molecular flexibility index (Phi) is 11.6. The van der Waals surface area contributed by atoms with Crippen molar-refractivity contribution in [3.63, 3.8) is 0 Å². The van der Waals surface area contributed by atoms with Crippen LogP contribution in [0.15, 0.2) is 48.7 Å². The SMILES string of the molecule is CCn1cc(-c2ccc(CC(O)CCNC(=O)c3ccc(OC(C)C)c(Cl)c3)cc2)nc1CC(C)CNC(C)=O. The highest BCUT2D eigenvalue weighted by atomic mass is 35.5. The Bertz CT molecular complexity index is 1270. The van der Waals surface area contributed by atoms with Gasteiger partial charge in [0.1, 0.15) is 11.6 Å². The maximum atomic E-state index is 12.5. The fraction of sp³-hybridized carbons (Fsp3) is 0.452. The molecule has 1 heterocycles. The summed E-state index contributed by atoms with van der Waals surface area (Å²) < 4.78 is 7.75. The number of carbonyl (C=O) groups excluding carboxylic acids is 2. The van der Waals surface area contributed by atoms with E-state index in [-0.39, 0.29) is 23.8 Å². The van der Waals surface area contributed by atoms with Gasteiger partial charge in [0.05, 0.1) is 22.9 Å². The van der Waals surface area contributed by atoms with Crippen molar-refractivity contribution in [1.29, 1.82) is 0 Å². The number of hydrogen-bond acceptors (Lipinski definition) is 5. The fourth-order valence-corrected chi connectivity index (χ4v) is 4.59. The summed E-state index contributed by atoms with van der Waals surface area (Å²) in [6.45, 7) is 11.3. The summed E-state index contributed by atoms with van der Waals surface area (Å²) in [5.41, 5.74) is 3.37. The second kappa shape index (κ2) is 14.9. The molecule has 9 heteroatoms. The van der Waals surface area contributed by atoms with Gasteiger partial charge in [-0.2, -0.15) is 0 Å². The standard InChI is InChI=1S/C31H41ClN4O4/c1-6-36-19-28(35-30(36)15-21(4)18-34-22(5)37)24-9-7-23(8-10-24)16-26(38)13-14-33-31(39)25-11-12-29(27(32)17-25)40-20(2)3/h7-12,17,19-21,26,38H,6,13-16,18H2,1-5H3,(H,33,39)(H,34,37). The van der Waals surface area contributed by atoms with Crippen LogP contribution in [0.25, 0.3) is 11.3 Å². The molecule has 2 aromatic carbocycles. The molecule has 3 N–H and O–H groups in total. The second-order valence-corrected chi connectivity index (χ2v) is 10.9. The zero-order chi connectivity index (χ0) is 29.2. The van der Waals surface area contributed by atoms with Gasteiger partial charge in [0, 0.05) is 50.3 Å². The summed E-state index contributed by atoms with van der Waals surface area (Å²) >= 11 is 6.24. The Morgan fingerprint density at radius 3 is 2.42 bits per heavy atom. The lowest BCUT2D eigenvalue weighted by Crippen LogP contribution is -2.27. The molecule has 0 aliphatic rings. The zero-order valence-corrected chi connectivity index (χ0v) is 24.8. The largest absolute Gasteiger partial charge is 0.489 e. The van der Waals surface area contributed by atoms with Crippen molar-refractivity contribution in [2.45, 2.75) is 72.6 Å². The number of aromatic nitrogens is 2. The third kappa shape index (κ3) is 9.38. The first kappa shape index (κ1) is 31.2. The number of nitrogens with one attached hydrogen (secondary N) is 2. The van der Waals surface area contributed by atoms with E-state index in [0.29, 0.717) is 42.3 Å². The lowest BCUT2D eigenvalue weighted by molar-refractivity contribution is -0.119. The molecule has 0 radical (unpaired) electrons. The maximum absolute atomic E-state index is 12.5. The van der Waals surface area contributed by atoms with Crippen LogP contribution in [0.5, 0.6) is 5.75 Å². The van der Waals surface area contributed by atoms with Crippen molar-refractivity contribution in [2.75, 3.05) is 13.1 Å². The smallest absolute Gasteiger partial charge is 0.251 e. The highest BCUT2D eigenvalue weighted by Gasteiger charge is 2.14. The Hall–Kier alpha value is -3.36. The molecule has 0 aliphatic heterocycles. The molecule has 0 aliphatic carbocycles. The number of aliphatic hydroxyl groups is 1. The van der Waals surface area contributed by atoms with Crippen molar-refractivity contribution in [3.05, 3.63) is 70.6 Å². The van der Waals surface area contributed by atoms with Crippen LogP contribution in [0.4, 0.5) is 0 Å². The number of amides is 2. The summed E-state index contributed by atoms with van der Waals surface area (Å²) in [7, 11) is 0. The van der Waals surface area contributed by atoms with E-state index in [2.05, 4.69) is 35.2 Å². The van der Waals surface area contributed by atoms with Crippen molar-refractivity contribution < 1.29 is 19.4 Å². The van der Waals surface area contributed by atoms with E-state index >= 15 is 0 Å². The predicted octanol–water partition coefficient (Wildman–Crippen LogP) is 5.05. The molecule has 0 spiro atoms. The van der Waals surface area contributed by atoms with Crippen molar-refractivity contribution >= 4 is 23.4 Å². The minimum atomic E-state index is -0.590. The summed E-state index contributed by atoms with van der Waals surface area (Å²) in [6, 6.07) is 13.0. The van der Waals surface area contributed by atoms with Gasteiger partial charge in [0.2, 0.25) is 5.91 Å². The first-order chi connectivity index (χ1) is 19.0. The average molecular weight is 569 g/mol. The highest BCUT2D eigenvalue weighted by molar-refractivity contribution is 6.32. The van der Waals surface area contributed by atoms with Crippen LogP contribution in [0, 0.1) is 5.92 Å². The molecule has 2 amide bonds. The summed E-state index contributed by atoms with van der Waals surface area (Å²) in [5.74, 6) is 1.55. The Morgan fingerprint density at radius 1 is 1.07 bits per heavy atom. The Labute approximate surface area is 242 Å². The van der Waals surface area contributed by atoms with E-state index in [1.165, 1.54) is 6.92 Å². The number of aryl methyl sites for hydroxylation is 1. The van der Waals surface area contributed by atoms with Crippen LogP contribution in [-0.2, 0) is 24.2 Å². The molecule has 2 unspecified atom stereocenters. The number of aliphatic hydroxyl groups excluding tert-OH is 1. The van der Waals surface area contributed by atoms with E-state index in [1.54, 1.807) is 18.2 Å². The van der Waals surface area contributed by atoms with Crippen LogP contribution in [-0.4, -0.2) is 51.8 Å². The lowest BCUT2D eigenvalue weighted by Gasteiger charge is -2.13. The third-order valence-corrected chi connectivity index (χ3v) is 6.77. The maximum Gasteiger partial charge on any atom is 0.251 e. The number of imidazole rings is 1. The number of carbonyl (C=O) groups is 2. The number of nitrogens with zero attached hydrogens (tertiary/aromatic N) is 2. The molecule has 0 saturated carbocycles. The van der Waals surface area contributed by atoms with Crippen molar-refractivity contribution in [2.24, 2.45) is 5.92 Å². The second-order valence-electron chi connectivity index (χ2n) is 10.5. The van der Waals surface area contributed by atoms with Crippen LogP contribution >= 0.6 is 11.6 Å². The van der Waals surface area contributed by atoms with Crippen LogP contribution < -0.4 is 15.4 Å². The molecule has 216 valence electrons. The Balaban J connectivity index is 1.50. The topological polar surface area (TPSA) is 105 Å². The number of benzene rings is 2. The van der Waals surface area contributed by atoms with Gasteiger partial charge in [-0.1, -0.05) is 42.8 Å². The van der Waals surface area contributed by atoms with Gasteiger partial charge in [-0.15, -0.1) is 0 Å². The van der Waals surface area contributed by atoms with Crippen LogP contribution in [0.3, 0.4) is 0 Å². The normalized spacial score (nSPS) is 12.7. The van der Waals surface area contributed by atoms with Gasteiger partial charge >= 0.3 is 0 Å². The van der Waals surface area contributed by atoms with Gasteiger partial charge < -0.3 is 25.0 Å². The molecule has 8 nitrogen and oxygen atoms in total. The minimum Gasteiger partial charge on any atom is -0.489 e. The number of halogens is 1. The van der Waals surface area contributed by atoms with Gasteiger partial charge in [-0.25, -0.2) is 4.98 Å². The predicted molar refractivity (Wildman–Crippen MR) is 159 cm³/mol. The summed E-state index contributed by atoms with van der Waals surface area (Å²) in [4.78, 5) is 28.6. The van der Waals surface area contributed by atoms with Gasteiger partial charge in [-0.05, 0) is 63.3 Å². The molecule has 2 atom stereocenters. The number of ether oxygens (including phenoxy) is 1. The monoisotopic (exact) mass is 568 g/mol. The summed E-state index contributed by atoms with van der Waals surface area (Å²) in [6.07, 6.45) is 3.15. The van der Waals surface area contributed by atoms with Gasteiger partial charge in [0.15, 0.2) is 0 Å². The van der Waals surface area contributed by atoms with E-state index < -0.39 is 6.10 Å². The molecular weight excluding hydrogens is 528 g/mol. The first-order valence-electron chi connectivity index (χ1n) is 13.9. The Morgan fingerprint density at radius 2 is 1.80 bits per heavy atom. The minimum absolute atomic E-state index is 0.00988. The lowest BCUT2D eigenvalue weighted by atomic mass is 10.0. The van der Waals surface area contributed by atoms with E-state index in [9.17, 15) is 14.7 Å². The quantitative estimate of drug-likeness (QED) is 0.252. The van der Waals surface area contributed by atoms with E-state index in [4.69, 9.17) is 21.3 Å². The van der Waals surface area contributed by atoms with E-state index in [1.807, 2.05) is 38.1 Å². The molecule has 40 heavy (non-hydrogen) atoms. The van der Waals surface area contributed by atoms with Crippen molar-refractivity contribution in [3.8, 4) is 17.0 Å². The molecule has 1 aromatic heterocycles. The zero-order valence-electron chi connectivity index (χ0n) is 24.0. The third-order valence-electron chi connectivity index (χ3n) is 6.47. The highest BCUT2D eigenvalue weighted by Crippen LogP contribution is 2.26. The molecule has 3 rings (SSSR count). The summed E-state index contributed by atoms with van der Waals surface area (Å²) in [5, 5.41) is 16.6.